The number of nitrogens with zero attached hydrogens (tertiary/aromatic N) is 5. The first-order chi connectivity index (χ1) is 12.9. The predicted octanol–water partition coefficient (Wildman–Crippen LogP) is 4.35. The molecule has 0 spiro atoms. The number of benzene rings is 2. The predicted molar refractivity (Wildman–Crippen MR) is 108 cm³/mol. The van der Waals surface area contributed by atoms with Crippen molar-refractivity contribution in [2.45, 2.75) is 6.42 Å². The van der Waals surface area contributed by atoms with Gasteiger partial charge in [0.25, 0.3) is 0 Å². The first-order valence-corrected chi connectivity index (χ1v) is 8.46. The average molecular weight is 374 g/mol. The summed E-state index contributed by atoms with van der Waals surface area (Å²) in [6.07, 6.45) is 4.36. The van der Waals surface area contributed by atoms with Crippen molar-refractivity contribution in [2.24, 2.45) is 0 Å². The molecule has 0 atom stereocenters. The number of aromatic nitrogens is 5. The lowest BCUT2D eigenvalue weighted by molar-refractivity contribution is 0.842. The Morgan fingerprint density at radius 3 is 2.59 bits per heavy atom. The largest absolute Gasteiger partial charge is 0.264 e. The van der Waals surface area contributed by atoms with Gasteiger partial charge in [-0.1, -0.05) is 48.5 Å². The van der Waals surface area contributed by atoms with Gasteiger partial charge in [-0.05, 0) is 29.1 Å². The topological polar surface area (TPSA) is 56.0 Å². The number of pyridine rings is 1. The van der Waals surface area contributed by atoms with Crippen molar-refractivity contribution >= 4 is 28.8 Å². The fourth-order valence-electron chi connectivity index (χ4n) is 3.13. The minimum absolute atomic E-state index is 0. The molecule has 2 aromatic carbocycles. The Morgan fingerprint density at radius 2 is 1.70 bits per heavy atom. The van der Waals surface area contributed by atoms with Gasteiger partial charge in [0.15, 0.2) is 11.5 Å². The molecule has 0 fully saturated rings. The number of hydrogen-bond donors (Lipinski definition) is 0. The summed E-state index contributed by atoms with van der Waals surface area (Å²) >= 11 is 0. The molecule has 0 aliphatic rings. The van der Waals surface area contributed by atoms with E-state index < -0.39 is 0 Å². The summed E-state index contributed by atoms with van der Waals surface area (Å²) in [6.45, 7) is 0. The van der Waals surface area contributed by atoms with Crippen molar-refractivity contribution in [1.82, 2.24) is 24.8 Å². The molecule has 5 rings (SSSR count). The standard InChI is InChI=1S/C21H15N5.ClH/c1-2-4-16(5-3-1)19-8-9-20-23-24-21(26(20)25-19)13-15-6-7-18-14-22-11-10-17(18)12-15;/h1-12,14H,13H2;1H. The Bertz CT molecular complexity index is 1220. The number of hydrogen-bond acceptors (Lipinski definition) is 4. The fourth-order valence-corrected chi connectivity index (χ4v) is 3.13. The molecule has 0 N–H and O–H groups in total. The summed E-state index contributed by atoms with van der Waals surface area (Å²) in [5.74, 6) is 0.825. The minimum atomic E-state index is 0. The maximum absolute atomic E-state index is 4.75. The Hall–Kier alpha value is -3.31. The van der Waals surface area contributed by atoms with Crippen molar-refractivity contribution in [2.75, 3.05) is 0 Å². The SMILES string of the molecule is Cl.c1ccc(-c2ccc3nnc(Cc4ccc5cnccc5c4)n3n2)cc1. The van der Waals surface area contributed by atoms with Crippen LogP contribution in [0.15, 0.2) is 79.1 Å². The van der Waals surface area contributed by atoms with E-state index in [1.54, 1.807) is 0 Å². The van der Waals surface area contributed by atoms with E-state index in [4.69, 9.17) is 5.10 Å². The number of fused-ring (bicyclic) bond motifs is 2. The Kier molecular flexibility index (Phi) is 4.52. The van der Waals surface area contributed by atoms with Gasteiger partial charge in [-0.15, -0.1) is 22.6 Å². The second-order valence-electron chi connectivity index (χ2n) is 6.20. The van der Waals surface area contributed by atoms with Gasteiger partial charge in [-0.3, -0.25) is 4.98 Å². The molecule has 3 aromatic heterocycles. The molecule has 3 heterocycles. The molecule has 0 aliphatic heterocycles. The van der Waals surface area contributed by atoms with Crippen molar-refractivity contribution in [3.63, 3.8) is 0 Å². The summed E-state index contributed by atoms with van der Waals surface area (Å²) in [5, 5.41) is 15.6. The monoisotopic (exact) mass is 373 g/mol. The minimum Gasteiger partial charge on any atom is -0.264 e. The molecule has 5 aromatic rings. The van der Waals surface area contributed by atoms with E-state index in [0.717, 1.165) is 28.1 Å². The smallest absolute Gasteiger partial charge is 0.177 e. The molecule has 27 heavy (non-hydrogen) atoms. The molecular weight excluding hydrogens is 358 g/mol. The molecule has 0 saturated heterocycles. The average Bonchev–Trinajstić information content (AvgIpc) is 3.10. The Labute approximate surface area is 162 Å². The van der Waals surface area contributed by atoms with Crippen molar-refractivity contribution < 1.29 is 0 Å². The highest BCUT2D eigenvalue weighted by Crippen LogP contribution is 2.19. The second-order valence-corrected chi connectivity index (χ2v) is 6.20. The van der Waals surface area contributed by atoms with Crippen LogP contribution in [0, 0.1) is 0 Å². The third-order valence-electron chi connectivity index (χ3n) is 4.46. The van der Waals surface area contributed by atoms with Gasteiger partial charge < -0.3 is 0 Å². The van der Waals surface area contributed by atoms with Crippen LogP contribution < -0.4 is 0 Å². The molecule has 5 nitrogen and oxygen atoms in total. The molecule has 6 heteroatoms. The van der Waals surface area contributed by atoms with Crippen LogP contribution in [0.25, 0.3) is 27.7 Å². The van der Waals surface area contributed by atoms with Gasteiger partial charge in [0, 0.05) is 29.8 Å². The van der Waals surface area contributed by atoms with Gasteiger partial charge in [0.1, 0.15) is 0 Å². The third kappa shape index (κ3) is 3.25. The van der Waals surface area contributed by atoms with Crippen LogP contribution >= 0.6 is 12.4 Å². The first kappa shape index (κ1) is 17.1. The van der Waals surface area contributed by atoms with Gasteiger partial charge >= 0.3 is 0 Å². The number of rotatable bonds is 3. The molecule has 132 valence electrons. The maximum atomic E-state index is 4.75. The molecular formula is C21H16ClN5. The molecule has 0 unspecified atom stereocenters. The van der Waals surface area contributed by atoms with Gasteiger partial charge in [-0.25, -0.2) is 0 Å². The summed E-state index contributed by atoms with van der Waals surface area (Å²) in [7, 11) is 0. The highest BCUT2D eigenvalue weighted by atomic mass is 35.5. The maximum Gasteiger partial charge on any atom is 0.177 e. The molecule has 0 bridgehead atoms. The molecule has 0 radical (unpaired) electrons. The van der Waals surface area contributed by atoms with Gasteiger partial charge in [-0.2, -0.15) is 9.61 Å². The summed E-state index contributed by atoms with van der Waals surface area (Å²) in [6, 6.07) is 22.4. The summed E-state index contributed by atoms with van der Waals surface area (Å²) < 4.78 is 1.83. The lowest BCUT2D eigenvalue weighted by atomic mass is 10.1. The van der Waals surface area contributed by atoms with Crippen LogP contribution in [0.3, 0.4) is 0 Å². The number of halogens is 1. The second kappa shape index (κ2) is 7.13. The highest BCUT2D eigenvalue weighted by molar-refractivity contribution is 5.85. The quantitative estimate of drug-likeness (QED) is 0.471. The van der Waals surface area contributed by atoms with Crippen molar-refractivity contribution in [1.29, 1.82) is 0 Å². The lowest BCUT2D eigenvalue weighted by Gasteiger charge is -2.04. The molecule has 0 amide bonds. The van der Waals surface area contributed by atoms with E-state index in [-0.39, 0.29) is 12.4 Å². The highest BCUT2D eigenvalue weighted by Gasteiger charge is 2.10. The molecule has 0 aliphatic carbocycles. The first-order valence-electron chi connectivity index (χ1n) is 8.46. The normalized spacial score (nSPS) is 10.8. The van der Waals surface area contributed by atoms with Crippen LogP contribution in [0.2, 0.25) is 0 Å². The van der Waals surface area contributed by atoms with Crippen molar-refractivity contribution in [3.8, 4) is 11.3 Å². The summed E-state index contributed by atoms with van der Waals surface area (Å²) in [4.78, 5) is 4.16. The van der Waals surface area contributed by atoms with E-state index in [9.17, 15) is 0 Å². The van der Waals surface area contributed by atoms with E-state index >= 15 is 0 Å². The third-order valence-corrected chi connectivity index (χ3v) is 4.46. The Balaban J connectivity index is 0.00000180. The van der Waals surface area contributed by atoms with E-state index in [1.165, 1.54) is 10.9 Å². The van der Waals surface area contributed by atoms with Gasteiger partial charge in [0.05, 0.1) is 5.69 Å². The van der Waals surface area contributed by atoms with Crippen LogP contribution in [0.4, 0.5) is 0 Å². The van der Waals surface area contributed by atoms with E-state index in [2.05, 4.69) is 45.5 Å². The van der Waals surface area contributed by atoms with Crippen LogP contribution in [0.1, 0.15) is 11.4 Å². The zero-order chi connectivity index (χ0) is 17.3. The van der Waals surface area contributed by atoms with E-state index in [1.807, 2.05) is 53.3 Å². The zero-order valence-electron chi connectivity index (χ0n) is 14.4. The fraction of sp³-hybridized carbons (Fsp3) is 0.0476. The molecule has 0 saturated carbocycles. The zero-order valence-corrected chi connectivity index (χ0v) is 15.2. The summed E-state index contributed by atoms with van der Waals surface area (Å²) in [5.41, 5.74) is 3.91. The van der Waals surface area contributed by atoms with E-state index in [0.29, 0.717) is 6.42 Å². The van der Waals surface area contributed by atoms with Crippen LogP contribution in [0.5, 0.6) is 0 Å². The van der Waals surface area contributed by atoms with Crippen LogP contribution in [-0.2, 0) is 6.42 Å². The van der Waals surface area contributed by atoms with Crippen molar-refractivity contribution in [3.05, 3.63) is 90.5 Å². The Morgan fingerprint density at radius 1 is 0.815 bits per heavy atom. The van der Waals surface area contributed by atoms with Crippen LogP contribution in [-0.4, -0.2) is 24.8 Å². The lowest BCUT2D eigenvalue weighted by Crippen LogP contribution is -2.01. The van der Waals surface area contributed by atoms with Gasteiger partial charge in [0.2, 0.25) is 0 Å².